The Morgan fingerprint density at radius 2 is 1.90 bits per heavy atom. The molecular formula is C14H25NO5. The summed E-state index contributed by atoms with van der Waals surface area (Å²) in [6.07, 6.45) is 1.20. The van der Waals surface area contributed by atoms with Gasteiger partial charge >= 0.3 is 12.1 Å². The number of carbonyl (C=O) groups excluding carboxylic acids is 2. The molecule has 116 valence electrons. The fraction of sp³-hybridized carbons (Fsp3) is 0.857. The van der Waals surface area contributed by atoms with E-state index in [1.54, 1.807) is 0 Å². The molecule has 0 saturated carbocycles. The molecule has 0 aromatic heterocycles. The van der Waals surface area contributed by atoms with Crippen LogP contribution in [0.2, 0.25) is 0 Å². The van der Waals surface area contributed by atoms with Crippen LogP contribution in [0.4, 0.5) is 4.79 Å². The number of rotatable bonds is 3. The Morgan fingerprint density at radius 1 is 1.25 bits per heavy atom. The van der Waals surface area contributed by atoms with Crippen LogP contribution in [0.1, 0.15) is 40.0 Å². The van der Waals surface area contributed by atoms with Crippen LogP contribution >= 0.6 is 0 Å². The van der Waals surface area contributed by atoms with Gasteiger partial charge in [0.1, 0.15) is 5.60 Å². The zero-order valence-electron chi connectivity index (χ0n) is 12.7. The predicted octanol–water partition coefficient (Wildman–Crippen LogP) is 1.87. The Hall–Kier alpha value is -1.30. The molecule has 0 aromatic rings. The first-order chi connectivity index (χ1) is 9.31. The van der Waals surface area contributed by atoms with Crippen LogP contribution in [0.25, 0.3) is 0 Å². The number of methoxy groups -OCH3 is 1. The SMILES string of the molecule is COC(=O)CC1CCOCCC1NC(=O)OC(C)(C)C. The molecule has 1 amide bonds. The number of nitrogens with one attached hydrogen (secondary N) is 1. The van der Waals surface area contributed by atoms with Crippen molar-refractivity contribution in [2.24, 2.45) is 5.92 Å². The smallest absolute Gasteiger partial charge is 0.407 e. The number of esters is 1. The number of hydrogen-bond acceptors (Lipinski definition) is 5. The maximum Gasteiger partial charge on any atom is 0.407 e. The van der Waals surface area contributed by atoms with E-state index in [1.165, 1.54) is 7.11 Å². The van der Waals surface area contributed by atoms with E-state index >= 15 is 0 Å². The summed E-state index contributed by atoms with van der Waals surface area (Å²) < 4.78 is 15.4. The Kier molecular flexibility index (Phi) is 6.26. The lowest BCUT2D eigenvalue weighted by Crippen LogP contribution is -2.43. The third kappa shape index (κ3) is 6.23. The van der Waals surface area contributed by atoms with Crippen molar-refractivity contribution >= 4 is 12.1 Å². The van der Waals surface area contributed by atoms with E-state index in [4.69, 9.17) is 14.2 Å². The maximum atomic E-state index is 11.8. The minimum absolute atomic E-state index is 0.0115. The molecule has 1 heterocycles. The van der Waals surface area contributed by atoms with Crippen molar-refractivity contribution in [1.82, 2.24) is 5.32 Å². The lowest BCUT2D eigenvalue weighted by molar-refractivity contribution is -0.142. The van der Waals surface area contributed by atoms with Crippen LogP contribution in [0.15, 0.2) is 0 Å². The van der Waals surface area contributed by atoms with Gasteiger partial charge in [0.15, 0.2) is 0 Å². The van der Waals surface area contributed by atoms with Gasteiger partial charge < -0.3 is 19.5 Å². The van der Waals surface area contributed by atoms with Crippen molar-refractivity contribution in [3.63, 3.8) is 0 Å². The first kappa shape index (κ1) is 16.8. The van der Waals surface area contributed by atoms with Crippen molar-refractivity contribution in [1.29, 1.82) is 0 Å². The number of alkyl carbamates (subject to hydrolysis) is 1. The highest BCUT2D eigenvalue weighted by atomic mass is 16.6. The summed E-state index contributed by atoms with van der Waals surface area (Å²) >= 11 is 0. The van der Waals surface area contributed by atoms with Gasteiger partial charge in [-0.2, -0.15) is 0 Å². The van der Waals surface area contributed by atoms with Gasteiger partial charge in [-0.3, -0.25) is 4.79 Å². The average Bonchev–Trinajstić information content (AvgIpc) is 2.53. The molecule has 1 saturated heterocycles. The second kappa shape index (κ2) is 7.47. The lowest BCUT2D eigenvalue weighted by atomic mass is 9.92. The van der Waals surface area contributed by atoms with Gasteiger partial charge in [-0.05, 0) is 39.5 Å². The molecule has 2 unspecified atom stereocenters. The number of hydrogen-bond donors (Lipinski definition) is 1. The lowest BCUT2D eigenvalue weighted by Gasteiger charge is -2.27. The number of carbonyl (C=O) groups is 2. The van der Waals surface area contributed by atoms with E-state index in [9.17, 15) is 9.59 Å². The monoisotopic (exact) mass is 287 g/mol. The average molecular weight is 287 g/mol. The summed E-state index contributed by atoms with van der Waals surface area (Å²) in [5, 5.41) is 2.85. The van der Waals surface area contributed by atoms with Gasteiger partial charge in [-0.1, -0.05) is 0 Å². The quantitative estimate of drug-likeness (QED) is 0.802. The number of ether oxygens (including phenoxy) is 3. The zero-order valence-corrected chi connectivity index (χ0v) is 12.7. The molecule has 1 aliphatic rings. The molecule has 1 fully saturated rings. The van der Waals surface area contributed by atoms with E-state index in [-0.39, 0.29) is 24.3 Å². The summed E-state index contributed by atoms with van der Waals surface area (Å²) in [6.45, 7) is 6.60. The standard InChI is InChI=1S/C14H25NO5/c1-14(2,3)20-13(17)15-11-6-8-19-7-5-10(11)9-12(16)18-4/h10-11H,5-9H2,1-4H3,(H,15,17). The van der Waals surface area contributed by atoms with Crippen molar-refractivity contribution in [3.8, 4) is 0 Å². The third-order valence-electron chi connectivity index (χ3n) is 3.13. The van der Waals surface area contributed by atoms with Crippen LogP contribution in [-0.4, -0.2) is 44.0 Å². The van der Waals surface area contributed by atoms with Crippen LogP contribution in [0, 0.1) is 5.92 Å². The minimum atomic E-state index is -0.539. The Bertz CT molecular complexity index is 337. The molecule has 0 spiro atoms. The highest BCUT2D eigenvalue weighted by Crippen LogP contribution is 2.21. The molecule has 6 heteroatoms. The van der Waals surface area contributed by atoms with E-state index in [0.717, 1.165) is 6.42 Å². The van der Waals surface area contributed by atoms with E-state index in [1.807, 2.05) is 20.8 Å². The van der Waals surface area contributed by atoms with E-state index < -0.39 is 11.7 Å². The first-order valence-electron chi connectivity index (χ1n) is 6.96. The van der Waals surface area contributed by atoms with Crippen LogP contribution < -0.4 is 5.32 Å². The molecule has 0 aromatic carbocycles. The Balaban J connectivity index is 2.61. The van der Waals surface area contributed by atoms with Crippen LogP contribution in [0.5, 0.6) is 0 Å². The summed E-state index contributed by atoms with van der Waals surface area (Å²) in [7, 11) is 1.37. The van der Waals surface area contributed by atoms with Crippen molar-refractivity contribution in [2.75, 3.05) is 20.3 Å². The van der Waals surface area contributed by atoms with E-state index in [0.29, 0.717) is 19.6 Å². The van der Waals surface area contributed by atoms with Crippen molar-refractivity contribution in [3.05, 3.63) is 0 Å². The van der Waals surface area contributed by atoms with Gasteiger partial charge in [0, 0.05) is 19.3 Å². The van der Waals surface area contributed by atoms with E-state index in [2.05, 4.69) is 5.32 Å². The Labute approximate surface area is 120 Å². The van der Waals surface area contributed by atoms with Gasteiger partial charge in [0.05, 0.1) is 13.5 Å². The maximum absolute atomic E-state index is 11.8. The highest BCUT2D eigenvalue weighted by Gasteiger charge is 2.29. The summed E-state index contributed by atoms with van der Waals surface area (Å²) in [4.78, 5) is 23.3. The molecule has 0 bridgehead atoms. The van der Waals surface area contributed by atoms with Crippen LogP contribution in [-0.2, 0) is 19.0 Å². The van der Waals surface area contributed by atoms with Crippen molar-refractivity contribution in [2.45, 2.75) is 51.7 Å². The molecule has 1 aliphatic heterocycles. The zero-order chi connectivity index (χ0) is 15.2. The minimum Gasteiger partial charge on any atom is -0.469 e. The molecule has 2 atom stereocenters. The molecule has 0 aliphatic carbocycles. The largest absolute Gasteiger partial charge is 0.469 e. The molecular weight excluding hydrogens is 262 g/mol. The molecule has 20 heavy (non-hydrogen) atoms. The second-order valence-electron chi connectivity index (χ2n) is 5.98. The van der Waals surface area contributed by atoms with Gasteiger partial charge in [-0.15, -0.1) is 0 Å². The first-order valence-corrected chi connectivity index (χ1v) is 6.96. The normalized spacial score (nSPS) is 23.6. The van der Waals surface area contributed by atoms with Gasteiger partial charge in [0.2, 0.25) is 0 Å². The summed E-state index contributed by atoms with van der Waals surface area (Å²) in [6, 6.07) is -0.133. The summed E-state index contributed by atoms with van der Waals surface area (Å²) in [5.74, 6) is -0.259. The molecule has 0 radical (unpaired) electrons. The van der Waals surface area contributed by atoms with Crippen LogP contribution in [0.3, 0.4) is 0 Å². The fourth-order valence-electron chi connectivity index (χ4n) is 2.17. The predicted molar refractivity (Wildman–Crippen MR) is 73.3 cm³/mol. The van der Waals surface area contributed by atoms with Gasteiger partial charge in [0.25, 0.3) is 0 Å². The summed E-state index contributed by atoms with van der Waals surface area (Å²) in [5.41, 5.74) is -0.539. The highest BCUT2D eigenvalue weighted by molar-refractivity contribution is 5.70. The molecule has 1 N–H and O–H groups in total. The third-order valence-corrected chi connectivity index (χ3v) is 3.13. The van der Waals surface area contributed by atoms with Gasteiger partial charge in [-0.25, -0.2) is 4.79 Å². The van der Waals surface area contributed by atoms with Crippen molar-refractivity contribution < 1.29 is 23.8 Å². The Morgan fingerprint density at radius 3 is 2.50 bits per heavy atom. The second-order valence-corrected chi connectivity index (χ2v) is 5.98. The molecule has 6 nitrogen and oxygen atoms in total. The topological polar surface area (TPSA) is 73.9 Å². The fourth-order valence-corrected chi connectivity index (χ4v) is 2.17. The number of amides is 1. The molecule has 1 rings (SSSR count).